The molecular formula is C34H38N2O9. The molecule has 11 nitrogen and oxygen atoms in total. The molecule has 0 saturated carbocycles. The monoisotopic (exact) mass is 618 g/mol. The first-order valence-corrected chi connectivity index (χ1v) is 14.5. The summed E-state index contributed by atoms with van der Waals surface area (Å²) in [4.78, 5) is 52.2. The van der Waals surface area contributed by atoms with Gasteiger partial charge in [-0.25, -0.2) is 0 Å². The van der Waals surface area contributed by atoms with E-state index < -0.39 is 23.6 Å². The number of nitrogens with one attached hydrogen (secondary N) is 1. The highest BCUT2D eigenvalue weighted by Crippen LogP contribution is 2.47. The summed E-state index contributed by atoms with van der Waals surface area (Å²) in [7, 11) is 4.58. The van der Waals surface area contributed by atoms with Gasteiger partial charge in [0.15, 0.2) is 17.3 Å². The summed E-state index contributed by atoms with van der Waals surface area (Å²) in [6, 6.07) is 16.1. The number of benzene rings is 3. The number of carbonyl (C=O) groups excluding carboxylic acids is 3. The molecule has 1 aliphatic heterocycles. The van der Waals surface area contributed by atoms with E-state index >= 15 is 0 Å². The summed E-state index contributed by atoms with van der Waals surface area (Å²) in [6.07, 6.45) is -0.480. The molecule has 1 aliphatic rings. The Balaban J connectivity index is 1.78. The second kappa shape index (κ2) is 14.6. The lowest BCUT2D eigenvalue weighted by molar-refractivity contribution is -0.138. The number of phenolic OH excluding ortho intramolecular Hbond substituents is 1. The average Bonchev–Trinajstić information content (AvgIpc) is 3.13. The van der Waals surface area contributed by atoms with Crippen molar-refractivity contribution in [2.45, 2.75) is 45.1 Å². The molecule has 3 N–H and O–H groups in total. The number of Topliss-reactive ketones (excluding diaryl/α,β-unsaturated/α-hetero) is 1. The molecule has 2 amide bonds. The predicted octanol–water partition coefficient (Wildman–Crippen LogP) is 4.35. The molecule has 45 heavy (non-hydrogen) atoms. The zero-order chi connectivity index (χ0) is 32.7. The van der Waals surface area contributed by atoms with Gasteiger partial charge in [-0.05, 0) is 43.2 Å². The SMILES string of the molecule is COc1cc(O)ccc1CN1C(=O)C(CC(=O)NCC(=O)CCC(=O)O)CC(c2cccc(OC)c2OC)c2cc(C)ccc21. The summed E-state index contributed by atoms with van der Waals surface area (Å²) in [5.74, 6) is -2.03. The van der Waals surface area contributed by atoms with Crippen LogP contribution >= 0.6 is 0 Å². The number of aromatic hydroxyl groups is 1. The maximum absolute atomic E-state index is 14.4. The molecule has 0 aromatic heterocycles. The van der Waals surface area contributed by atoms with Crippen LogP contribution in [0.1, 0.15) is 53.9 Å². The third kappa shape index (κ3) is 7.72. The zero-order valence-corrected chi connectivity index (χ0v) is 25.8. The van der Waals surface area contributed by atoms with Gasteiger partial charge in [-0.2, -0.15) is 0 Å². The fourth-order valence-corrected chi connectivity index (χ4v) is 5.73. The molecule has 3 aromatic carbocycles. The van der Waals surface area contributed by atoms with Gasteiger partial charge in [0.05, 0.1) is 40.8 Å². The van der Waals surface area contributed by atoms with Crippen molar-refractivity contribution in [3.63, 3.8) is 0 Å². The lowest BCUT2D eigenvalue weighted by Crippen LogP contribution is -2.38. The van der Waals surface area contributed by atoms with Gasteiger partial charge >= 0.3 is 5.97 Å². The molecule has 3 aromatic rings. The minimum absolute atomic E-state index is 0.0199. The average molecular weight is 619 g/mol. The number of methoxy groups -OCH3 is 3. The van der Waals surface area contributed by atoms with Crippen LogP contribution in [0, 0.1) is 12.8 Å². The summed E-state index contributed by atoms with van der Waals surface area (Å²) >= 11 is 0. The third-order valence-electron chi connectivity index (χ3n) is 7.92. The normalized spacial score (nSPS) is 15.9. The van der Waals surface area contributed by atoms with E-state index in [1.54, 1.807) is 31.3 Å². The van der Waals surface area contributed by atoms with Gasteiger partial charge in [-0.3, -0.25) is 19.2 Å². The Morgan fingerprint density at radius 1 is 0.933 bits per heavy atom. The highest BCUT2D eigenvalue weighted by molar-refractivity contribution is 5.99. The van der Waals surface area contributed by atoms with Crippen LogP contribution in [-0.4, -0.2) is 61.7 Å². The summed E-state index contributed by atoms with van der Waals surface area (Å²) in [5, 5.41) is 21.4. The third-order valence-corrected chi connectivity index (χ3v) is 7.92. The molecular weight excluding hydrogens is 580 g/mol. The highest BCUT2D eigenvalue weighted by Gasteiger charge is 2.38. The van der Waals surface area contributed by atoms with Crippen LogP contribution in [0.4, 0.5) is 5.69 Å². The Bertz CT molecular complexity index is 1590. The largest absolute Gasteiger partial charge is 0.508 e. The number of rotatable bonds is 13. The van der Waals surface area contributed by atoms with E-state index in [2.05, 4.69) is 5.32 Å². The predicted molar refractivity (Wildman–Crippen MR) is 166 cm³/mol. The molecule has 0 aliphatic carbocycles. The number of carboxylic acid groups (broad SMARTS) is 1. The number of carbonyl (C=O) groups is 4. The first-order valence-electron chi connectivity index (χ1n) is 14.5. The summed E-state index contributed by atoms with van der Waals surface area (Å²) < 4.78 is 16.9. The van der Waals surface area contributed by atoms with Crippen LogP contribution < -0.4 is 24.4 Å². The highest BCUT2D eigenvalue weighted by atomic mass is 16.5. The van der Waals surface area contributed by atoms with Crippen LogP contribution in [0.5, 0.6) is 23.0 Å². The Morgan fingerprint density at radius 2 is 1.69 bits per heavy atom. The van der Waals surface area contributed by atoms with Gasteiger partial charge < -0.3 is 34.6 Å². The van der Waals surface area contributed by atoms with Gasteiger partial charge in [-0.1, -0.05) is 29.8 Å². The molecule has 4 rings (SSSR count). The molecule has 0 saturated heterocycles. The fourth-order valence-electron chi connectivity index (χ4n) is 5.73. The number of phenols is 1. The lowest BCUT2D eigenvalue weighted by atomic mass is 9.82. The smallest absolute Gasteiger partial charge is 0.303 e. The molecule has 2 atom stereocenters. The van der Waals surface area contributed by atoms with Gasteiger partial charge in [0.1, 0.15) is 11.5 Å². The Kier molecular flexibility index (Phi) is 10.7. The van der Waals surface area contributed by atoms with Gasteiger partial charge in [-0.15, -0.1) is 0 Å². The number of ether oxygens (including phenoxy) is 3. The molecule has 11 heteroatoms. The van der Waals surface area contributed by atoms with Crippen LogP contribution in [0.3, 0.4) is 0 Å². The van der Waals surface area contributed by atoms with Crippen molar-refractivity contribution in [3.05, 3.63) is 76.9 Å². The van der Waals surface area contributed by atoms with Crippen molar-refractivity contribution in [3.8, 4) is 23.0 Å². The Morgan fingerprint density at radius 3 is 2.38 bits per heavy atom. The van der Waals surface area contributed by atoms with Crippen LogP contribution in [0.2, 0.25) is 0 Å². The van der Waals surface area contributed by atoms with Gasteiger partial charge in [0.25, 0.3) is 0 Å². The number of hydrogen-bond acceptors (Lipinski definition) is 8. The minimum Gasteiger partial charge on any atom is -0.508 e. The molecule has 1 heterocycles. The van der Waals surface area contributed by atoms with Crippen LogP contribution in [0.25, 0.3) is 0 Å². The van der Waals surface area contributed by atoms with E-state index in [0.717, 1.165) is 16.7 Å². The van der Waals surface area contributed by atoms with Crippen molar-refractivity contribution in [2.24, 2.45) is 5.92 Å². The number of aryl methyl sites for hydroxylation is 1. The fraction of sp³-hybridized carbons (Fsp3) is 0.353. The van der Waals surface area contributed by atoms with Crippen molar-refractivity contribution in [1.29, 1.82) is 0 Å². The maximum Gasteiger partial charge on any atom is 0.303 e. The standard InChI is InChI=1S/C34H38N2O9/c1-20-8-12-28-27(14-20)26(25-6-5-7-29(43-2)33(25)45-4)15-22(16-31(39)35-18-24(38)11-13-32(40)41)34(42)36(28)19-21-9-10-23(37)17-30(21)44-3/h5-10,12,14,17,22,26,37H,11,13,15-16,18-19H2,1-4H3,(H,35,39)(H,40,41). The number of aliphatic carboxylic acids is 1. The number of para-hydroxylation sites is 1. The number of amides is 2. The number of hydrogen-bond donors (Lipinski definition) is 3. The van der Waals surface area contributed by atoms with Crippen LogP contribution in [-0.2, 0) is 25.7 Å². The molecule has 2 unspecified atom stereocenters. The first kappa shape index (κ1) is 32.8. The van der Waals surface area contributed by atoms with Crippen molar-refractivity contribution in [2.75, 3.05) is 32.8 Å². The molecule has 0 radical (unpaired) electrons. The Hall–Kier alpha value is -5.06. The maximum atomic E-state index is 14.4. The number of fused-ring (bicyclic) bond motifs is 1. The first-order chi connectivity index (χ1) is 21.6. The van der Waals surface area contributed by atoms with E-state index in [4.69, 9.17) is 19.3 Å². The number of carboxylic acids is 1. The number of anilines is 1. The quantitative estimate of drug-likeness (QED) is 0.254. The van der Waals surface area contributed by atoms with E-state index in [9.17, 15) is 24.3 Å². The molecule has 238 valence electrons. The lowest BCUT2D eigenvalue weighted by Gasteiger charge is -2.27. The van der Waals surface area contributed by atoms with Gasteiger partial charge in [0, 0.05) is 47.6 Å². The van der Waals surface area contributed by atoms with Crippen LogP contribution in [0.15, 0.2) is 54.6 Å². The zero-order valence-electron chi connectivity index (χ0n) is 25.8. The van der Waals surface area contributed by atoms with Crippen molar-refractivity contribution < 1.29 is 43.6 Å². The number of ketones is 1. The molecule has 0 bridgehead atoms. The summed E-state index contributed by atoms with van der Waals surface area (Å²) in [5.41, 5.74) is 3.93. The second-order valence-corrected chi connectivity index (χ2v) is 11.0. The Labute approximate surface area is 261 Å². The van der Waals surface area contributed by atoms with E-state index in [-0.39, 0.29) is 56.3 Å². The minimum atomic E-state index is -1.10. The number of nitrogens with zero attached hydrogens (tertiary/aromatic N) is 1. The van der Waals surface area contributed by atoms with Crippen molar-refractivity contribution in [1.82, 2.24) is 5.32 Å². The van der Waals surface area contributed by atoms with Gasteiger partial charge in [0.2, 0.25) is 11.8 Å². The van der Waals surface area contributed by atoms with E-state index in [1.807, 2.05) is 37.3 Å². The van der Waals surface area contributed by atoms with E-state index in [1.165, 1.54) is 19.2 Å². The topological polar surface area (TPSA) is 152 Å². The summed E-state index contributed by atoms with van der Waals surface area (Å²) in [6.45, 7) is 1.74. The van der Waals surface area contributed by atoms with Crippen molar-refractivity contribution >= 4 is 29.3 Å². The second-order valence-electron chi connectivity index (χ2n) is 11.0. The molecule has 0 fully saturated rings. The van der Waals surface area contributed by atoms with E-state index in [0.29, 0.717) is 28.5 Å². The molecule has 0 spiro atoms.